The van der Waals surface area contributed by atoms with Gasteiger partial charge >= 0.3 is 0 Å². The Kier molecular flexibility index (Phi) is 11.7. The first-order valence-corrected chi connectivity index (χ1v) is 24.7. The second kappa shape index (κ2) is 17.1. The van der Waals surface area contributed by atoms with Gasteiger partial charge in [-0.1, -0.05) is 187 Å². The van der Waals surface area contributed by atoms with Crippen LogP contribution >= 0.6 is 0 Å². The molecule has 2 heteroatoms. The first-order chi connectivity index (χ1) is 31.3. The van der Waals surface area contributed by atoms with Crippen molar-refractivity contribution in [2.24, 2.45) is 0 Å². The van der Waals surface area contributed by atoms with Crippen molar-refractivity contribution in [1.82, 2.24) is 0 Å². The lowest BCUT2D eigenvalue weighted by Crippen LogP contribution is -2.15. The second-order valence-electron chi connectivity index (χ2n) is 23.4. The maximum Gasteiger partial charge on any atom is 0.0546 e. The Morgan fingerprint density at radius 3 is 1.02 bits per heavy atom. The molecule has 1 aliphatic rings. The molecular formula is C64H72N2. The molecule has 9 rings (SSSR count). The quantitative estimate of drug-likeness (QED) is 0.147. The van der Waals surface area contributed by atoms with Crippen molar-refractivity contribution in [2.45, 2.75) is 143 Å². The highest BCUT2D eigenvalue weighted by Crippen LogP contribution is 2.49. The van der Waals surface area contributed by atoms with Crippen LogP contribution in [0.3, 0.4) is 0 Å². The van der Waals surface area contributed by atoms with E-state index in [0.29, 0.717) is 5.92 Å². The third kappa shape index (κ3) is 8.89. The molecule has 0 bridgehead atoms. The van der Waals surface area contributed by atoms with Gasteiger partial charge in [0.1, 0.15) is 0 Å². The van der Waals surface area contributed by atoms with Crippen LogP contribution in [0.1, 0.15) is 149 Å². The van der Waals surface area contributed by atoms with E-state index in [1.807, 2.05) is 0 Å². The van der Waals surface area contributed by atoms with Gasteiger partial charge in [-0.2, -0.15) is 0 Å². The molecule has 0 saturated heterocycles. The fourth-order valence-corrected chi connectivity index (χ4v) is 10.3. The highest BCUT2D eigenvalue weighted by molar-refractivity contribution is 6.24. The zero-order chi connectivity index (χ0) is 46.8. The lowest BCUT2D eigenvalue weighted by atomic mass is 9.82. The molecular weight excluding hydrogens is 797 g/mol. The Balaban J connectivity index is 1.35. The topological polar surface area (TPSA) is 6.48 Å². The van der Waals surface area contributed by atoms with E-state index < -0.39 is 0 Å². The summed E-state index contributed by atoms with van der Waals surface area (Å²) in [5.41, 5.74) is 14.0. The molecule has 66 heavy (non-hydrogen) atoms. The second-order valence-corrected chi connectivity index (χ2v) is 23.4. The van der Waals surface area contributed by atoms with Crippen LogP contribution in [0.25, 0.3) is 32.3 Å². The molecule has 1 fully saturated rings. The Morgan fingerprint density at radius 2 is 0.652 bits per heavy atom. The summed E-state index contributed by atoms with van der Waals surface area (Å²) in [6.45, 7) is 27.6. The summed E-state index contributed by atoms with van der Waals surface area (Å²) in [5.74, 6) is 0.576. The van der Waals surface area contributed by atoms with E-state index in [1.165, 1.54) is 115 Å². The molecule has 1 saturated carbocycles. The number of rotatable bonds is 7. The number of anilines is 6. The number of hydrogen-bond donors (Lipinski definition) is 0. The first kappa shape index (κ1) is 45.3. The molecule has 0 atom stereocenters. The number of hydrogen-bond acceptors (Lipinski definition) is 2. The van der Waals surface area contributed by atoms with Crippen LogP contribution in [0.5, 0.6) is 0 Å². The molecule has 338 valence electrons. The van der Waals surface area contributed by atoms with E-state index in [-0.39, 0.29) is 21.7 Å². The predicted molar refractivity (Wildman–Crippen MR) is 289 cm³/mol. The largest absolute Gasteiger partial charge is 0.310 e. The smallest absolute Gasteiger partial charge is 0.0546 e. The molecule has 0 radical (unpaired) electrons. The maximum absolute atomic E-state index is 2.57. The third-order valence-corrected chi connectivity index (χ3v) is 14.5. The summed E-state index contributed by atoms with van der Waals surface area (Å²) in [7, 11) is 0. The van der Waals surface area contributed by atoms with Crippen LogP contribution in [0, 0.1) is 0 Å². The van der Waals surface area contributed by atoms with Gasteiger partial charge < -0.3 is 9.80 Å². The van der Waals surface area contributed by atoms with E-state index >= 15 is 0 Å². The van der Waals surface area contributed by atoms with Crippen molar-refractivity contribution in [3.05, 3.63) is 179 Å². The van der Waals surface area contributed by atoms with E-state index in [4.69, 9.17) is 0 Å². The standard InChI is InChI=1S/C64H72N2/c1-61(2,3)45-23-31-49(32-24-45)65(50-33-25-46(26-34-50)62(4,5)6)59-41-57-54-39-22-44(43-18-14-13-15-19-43)40-58(54)60(42-56(57)53-20-16-17-21-55(53)59)66(51-35-27-47(28-36-51)63(7,8)9)52-37-29-48(30-38-52)64(10,11)12/h16-17,20-43H,13-15,18-19H2,1-12H3. The maximum atomic E-state index is 2.57. The molecule has 8 aromatic carbocycles. The molecule has 8 aromatic rings. The van der Waals surface area contributed by atoms with E-state index in [0.717, 1.165) is 11.4 Å². The minimum absolute atomic E-state index is 0.0516. The van der Waals surface area contributed by atoms with Crippen molar-refractivity contribution in [1.29, 1.82) is 0 Å². The molecule has 0 amide bonds. The molecule has 0 unspecified atom stereocenters. The zero-order valence-electron chi connectivity index (χ0n) is 41.9. The summed E-state index contributed by atoms with van der Waals surface area (Å²) in [5, 5.41) is 7.58. The molecule has 1 aliphatic carbocycles. The predicted octanol–water partition coefficient (Wildman–Crippen LogP) is 19.3. The highest BCUT2D eigenvalue weighted by atomic mass is 15.2. The molecule has 0 spiro atoms. The molecule has 0 heterocycles. The Hall–Kier alpha value is -5.86. The summed E-state index contributed by atoms with van der Waals surface area (Å²) < 4.78 is 0. The van der Waals surface area contributed by atoms with Crippen molar-refractivity contribution in [2.75, 3.05) is 9.80 Å². The molecule has 0 N–H and O–H groups in total. The lowest BCUT2D eigenvalue weighted by Gasteiger charge is -2.31. The van der Waals surface area contributed by atoms with Gasteiger partial charge in [0, 0.05) is 33.5 Å². The molecule has 0 aliphatic heterocycles. The summed E-state index contributed by atoms with van der Waals surface area (Å²) >= 11 is 0. The third-order valence-electron chi connectivity index (χ3n) is 14.5. The van der Waals surface area contributed by atoms with E-state index in [1.54, 1.807) is 0 Å². The van der Waals surface area contributed by atoms with Gasteiger partial charge in [-0.25, -0.2) is 0 Å². The van der Waals surface area contributed by atoms with Crippen molar-refractivity contribution >= 4 is 66.4 Å². The molecule has 2 nitrogen and oxygen atoms in total. The van der Waals surface area contributed by atoms with Crippen LogP contribution in [0.2, 0.25) is 0 Å². The Labute approximate surface area is 396 Å². The number of benzene rings is 8. The van der Waals surface area contributed by atoms with Gasteiger partial charge in [0.05, 0.1) is 11.4 Å². The van der Waals surface area contributed by atoms with Crippen LogP contribution in [-0.2, 0) is 21.7 Å². The summed E-state index contributed by atoms with van der Waals surface area (Å²) in [4.78, 5) is 5.03. The summed E-state index contributed by atoms with van der Waals surface area (Å²) in [6.07, 6.45) is 6.46. The first-order valence-electron chi connectivity index (χ1n) is 24.7. The Morgan fingerprint density at radius 1 is 0.318 bits per heavy atom. The highest BCUT2D eigenvalue weighted by Gasteiger charge is 2.26. The van der Waals surface area contributed by atoms with E-state index in [9.17, 15) is 0 Å². The number of nitrogens with zero attached hydrogens (tertiary/aromatic N) is 2. The van der Waals surface area contributed by atoms with Crippen LogP contribution in [0.4, 0.5) is 34.1 Å². The van der Waals surface area contributed by atoms with Crippen LogP contribution in [-0.4, -0.2) is 0 Å². The van der Waals surface area contributed by atoms with Gasteiger partial charge in [-0.3, -0.25) is 0 Å². The monoisotopic (exact) mass is 869 g/mol. The Bertz CT molecular complexity index is 2880. The van der Waals surface area contributed by atoms with E-state index in [2.05, 4.69) is 245 Å². The fraction of sp³-hybridized carbons (Fsp3) is 0.344. The SMILES string of the molecule is CC(C)(C)c1ccc(N(c2ccc(C(C)(C)C)cc2)c2cc3c4ccc(C5CCCCC5)cc4c(N(c4ccc(C(C)(C)C)cc4)c4ccc(C(C)(C)C)cc4)cc3c3ccccc23)cc1. The van der Waals surface area contributed by atoms with Crippen LogP contribution < -0.4 is 9.80 Å². The average Bonchev–Trinajstić information content (AvgIpc) is 3.29. The minimum Gasteiger partial charge on any atom is -0.310 e. The van der Waals surface area contributed by atoms with Gasteiger partial charge in [0.2, 0.25) is 0 Å². The fourth-order valence-electron chi connectivity index (χ4n) is 10.3. The van der Waals surface area contributed by atoms with Crippen LogP contribution in [0.15, 0.2) is 152 Å². The van der Waals surface area contributed by atoms with Crippen molar-refractivity contribution in [3.63, 3.8) is 0 Å². The summed E-state index contributed by atoms with van der Waals surface area (Å²) in [6, 6.07) is 58.9. The molecule has 0 aromatic heterocycles. The van der Waals surface area contributed by atoms with Gasteiger partial charge in [-0.05, 0) is 157 Å². The number of fused-ring (bicyclic) bond motifs is 5. The lowest BCUT2D eigenvalue weighted by molar-refractivity contribution is 0.444. The zero-order valence-corrected chi connectivity index (χ0v) is 41.9. The minimum atomic E-state index is 0.0516. The van der Waals surface area contributed by atoms with Crippen molar-refractivity contribution < 1.29 is 0 Å². The van der Waals surface area contributed by atoms with Gasteiger partial charge in [-0.15, -0.1) is 0 Å². The van der Waals surface area contributed by atoms with Gasteiger partial charge in [0.15, 0.2) is 0 Å². The van der Waals surface area contributed by atoms with Gasteiger partial charge in [0.25, 0.3) is 0 Å². The average molecular weight is 869 g/mol. The van der Waals surface area contributed by atoms with Crippen molar-refractivity contribution in [3.8, 4) is 0 Å². The normalized spacial score (nSPS) is 14.3.